The summed E-state index contributed by atoms with van der Waals surface area (Å²) in [6, 6.07) is 7.76. The molecule has 0 aliphatic rings. The van der Waals surface area contributed by atoms with Gasteiger partial charge in [-0.15, -0.1) is 0 Å². The van der Waals surface area contributed by atoms with Crippen molar-refractivity contribution in [2.24, 2.45) is 11.7 Å². The van der Waals surface area contributed by atoms with Crippen LogP contribution in [0.5, 0.6) is 0 Å². The molecular weight excluding hydrogens is 272 g/mol. The quantitative estimate of drug-likeness (QED) is 0.775. The van der Waals surface area contributed by atoms with Gasteiger partial charge in [0.2, 0.25) is 0 Å². The van der Waals surface area contributed by atoms with Crippen molar-refractivity contribution >= 4 is 12.1 Å². The van der Waals surface area contributed by atoms with E-state index in [0.717, 1.165) is 5.56 Å². The predicted octanol–water partition coefficient (Wildman–Crippen LogP) is 1.44. The summed E-state index contributed by atoms with van der Waals surface area (Å²) in [4.78, 5) is 23.5. The topological polar surface area (TPSA) is 90.6 Å². The second-order valence-electron chi connectivity index (χ2n) is 5.03. The van der Waals surface area contributed by atoms with E-state index in [0.29, 0.717) is 0 Å². The Morgan fingerprint density at radius 1 is 1.24 bits per heavy atom. The summed E-state index contributed by atoms with van der Waals surface area (Å²) in [6.07, 6.45) is -0.703. The molecule has 1 aromatic rings. The van der Waals surface area contributed by atoms with Gasteiger partial charge in [-0.1, -0.05) is 44.2 Å². The summed E-state index contributed by atoms with van der Waals surface area (Å²) in [5, 5.41) is 2.46. The van der Waals surface area contributed by atoms with Gasteiger partial charge in [-0.25, -0.2) is 9.59 Å². The lowest BCUT2D eigenvalue weighted by Gasteiger charge is -2.25. The van der Waals surface area contributed by atoms with Crippen molar-refractivity contribution in [3.8, 4) is 0 Å². The number of esters is 1. The number of methoxy groups -OCH3 is 1. The van der Waals surface area contributed by atoms with E-state index in [2.05, 4.69) is 10.1 Å². The van der Waals surface area contributed by atoms with E-state index in [9.17, 15) is 9.59 Å². The van der Waals surface area contributed by atoms with Gasteiger partial charge in [0.25, 0.3) is 0 Å². The summed E-state index contributed by atoms with van der Waals surface area (Å²) in [5.41, 5.74) is 6.78. The van der Waals surface area contributed by atoms with Crippen LogP contribution < -0.4 is 11.1 Å². The molecule has 116 valence electrons. The number of hydrogen-bond donors (Lipinski definition) is 2. The smallest absolute Gasteiger partial charge is 0.408 e. The third kappa shape index (κ3) is 5.43. The van der Waals surface area contributed by atoms with Crippen LogP contribution in [0.3, 0.4) is 0 Å². The van der Waals surface area contributed by atoms with Gasteiger partial charge in [0.05, 0.1) is 7.11 Å². The molecule has 0 radical (unpaired) electrons. The van der Waals surface area contributed by atoms with Crippen LogP contribution in [0, 0.1) is 5.92 Å². The van der Waals surface area contributed by atoms with Crippen molar-refractivity contribution in [1.82, 2.24) is 5.32 Å². The molecule has 1 aromatic carbocycles. The zero-order valence-electron chi connectivity index (χ0n) is 12.5. The fourth-order valence-electron chi connectivity index (χ4n) is 1.72. The van der Waals surface area contributed by atoms with E-state index in [4.69, 9.17) is 10.5 Å². The standard InChI is InChI=1S/C15H22N2O4/c1-10(2)12(16)13(14(18)20-3)17-15(19)21-9-11-7-5-4-6-8-11/h4-8,10,12-13H,9,16H2,1-3H3,(H,17,19)/t12-,13+/m1/s1. The number of benzene rings is 1. The summed E-state index contributed by atoms with van der Waals surface area (Å²) in [5.74, 6) is -0.587. The second-order valence-corrected chi connectivity index (χ2v) is 5.03. The number of amides is 1. The van der Waals surface area contributed by atoms with Gasteiger partial charge in [-0.05, 0) is 11.5 Å². The maximum atomic E-state index is 11.8. The molecule has 0 aromatic heterocycles. The SMILES string of the molecule is COC(=O)[C@@H](NC(=O)OCc1ccccc1)[C@H](N)C(C)C. The number of hydrogen-bond acceptors (Lipinski definition) is 5. The molecule has 0 fully saturated rings. The minimum atomic E-state index is -0.932. The number of ether oxygens (including phenoxy) is 2. The molecule has 21 heavy (non-hydrogen) atoms. The van der Waals surface area contributed by atoms with Crippen LogP contribution in [0.1, 0.15) is 19.4 Å². The number of carbonyl (C=O) groups excluding carboxylic acids is 2. The van der Waals surface area contributed by atoms with Gasteiger partial charge in [0.1, 0.15) is 12.6 Å². The Bertz CT molecular complexity index is 462. The number of nitrogens with two attached hydrogens (primary N) is 1. The van der Waals surface area contributed by atoms with Crippen LogP contribution in [0.2, 0.25) is 0 Å². The second kappa shape index (κ2) is 8.26. The highest BCUT2D eigenvalue weighted by atomic mass is 16.6. The lowest BCUT2D eigenvalue weighted by Crippen LogP contribution is -2.55. The molecule has 0 unspecified atom stereocenters. The van der Waals surface area contributed by atoms with Gasteiger partial charge in [-0.3, -0.25) is 0 Å². The molecule has 0 spiro atoms. The van der Waals surface area contributed by atoms with Crippen molar-refractivity contribution in [1.29, 1.82) is 0 Å². The van der Waals surface area contributed by atoms with Gasteiger partial charge in [-0.2, -0.15) is 0 Å². The third-order valence-electron chi connectivity index (χ3n) is 3.10. The fraction of sp³-hybridized carbons (Fsp3) is 0.467. The van der Waals surface area contributed by atoms with Crippen LogP contribution in [0.25, 0.3) is 0 Å². The molecule has 0 aliphatic carbocycles. The van der Waals surface area contributed by atoms with Crippen molar-refractivity contribution in [3.63, 3.8) is 0 Å². The van der Waals surface area contributed by atoms with E-state index < -0.39 is 24.1 Å². The molecule has 1 rings (SSSR count). The first-order valence-electron chi connectivity index (χ1n) is 6.76. The fourth-order valence-corrected chi connectivity index (χ4v) is 1.72. The highest BCUT2D eigenvalue weighted by Crippen LogP contribution is 2.07. The van der Waals surface area contributed by atoms with Gasteiger partial charge in [0.15, 0.2) is 0 Å². The van der Waals surface area contributed by atoms with Crippen LogP contribution >= 0.6 is 0 Å². The lowest BCUT2D eigenvalue weighted by atomic mass is 9.97. The Kier molecular flexibility index (Phi) is 6.68. The average Bonchev–Trinajstić information content (AvgIpc) is 2.50. The van der Waals surface area contributed by atoms with Gasteiger partial charge in [0, 0.05) is 6.04 Å². The Morgan fingerprint density at radius 2 is 1.86 bits per heavy atom. The number of alkyl carbamates (subject to hydrolysis) is 1. The van der Waals surface area contributed by atoms with Gasteiger partial charge < -0.3 is 20.5 Å². The van der Waals surface area contributed by atoms with Crippen LogP contribution in [0.4, 0.5) is 4.79 Å². The van der Waals surface area contributed by atoms with E-state index >= 15 is 0 Å². The lowest BCUT2D eigenvalue weighted by molar-refractivity contribution is -0.143. The molecule has 1 amide bonds. The van der Waals surface area contributed by atoms with E-state index in [1.807, 2.05) is 44.2 Å². The van der Waals surface area contributed by atoms with Crippen molar-refractivity contribution < 1.29 is 19.1 Å². The van der Waals surface area contributed by atoms with Crippen LogP contribution in [0.15, 0.2) is 30.3 Å². The Labute approximate surface area is 124 Å². The molecule has 6 heteroatoms. The first-order valence-corrected chi connectivity index (χ1v) is 6.76. The number of nitrogens with one attached hydrogen (secondary N) is 1. The predicted molar refractivity (Wildman–Crippen MR) is 78.4 cm³/mol. The summed E-state index contributed by atoms with van der Waals surface area (Å²) in [7, 11) is 1.25. The zero-order valence-corrected chi connectivity index (χ0v) is 12.5. The highest BCUT2D eigenvalue weighted by Gasteiger charge is 2.30. The van der Waals surface area contributed by atoms with Crippen molar-refractivity contribution in [2.75, 3.05) is 7.11 Å². The minimum Gasteiger partial charge on any atom is -0.467 e. The molecule has 0 bridgehead atoms. The molecule has 6 nitrogen and oxygen atoms in total. The average molecular weight is 294 g/mol. The molecular formula is C15H22N2O4. The maximum Gasteiger partial charge on any atom is 0.408 e. The third-order valence-corrected chi connectivity index (χ3v) is 3.10. The first kappa shape index (κ1) is 17.0. The van der Waals surface area contributed by atoms with Crippen molar-refractivity contribution in [3.05, 3.63) is 35.9 Å². The number of carbonyl (C=O) groups is 2. The summed E-state index contributed by atoms with van der Waals surface area (Å²) in [6.45, 7) is 3.84. The Balaban J connectivity index is 2.58. The minimum absolute atomic E-state index is 0.00326. The Hall–Kier alpha value is -2.08. The highest BCUT2D eigenvalue weighted by molar-refractivity contribution is 5.82. The van der Waals surface area contributed by atoms with E-state index in [1.165, 1.54) is 7.11 Å². The zero-order chi connectivity index (χ0) is 15.8. The monoisotopic (exact) mass is 294 g/mol. The van der Waals surface area contributed by atoms with Gasteiger partial charge >= 0.3 is 12.1 Å². The molecule has 0 saturated heterocycles. The van der Waals surface area contributed by atoms with Crippen LogP contribution in [-0.4, -0.2) is 31.3 Å². The largest absolute Gasteiger partial charge is 0.467 e. The normalized spacial score (nSPS) is 13.4. The molecule has 0 heterocycles. The summed E-state index contributed by atoms with van der Waals surface area (Å²) < 4.78 is 9.73. The molecule has 2 atom stereocenters. The molecule has 0 aliphatic heterocycles. The number of rotatable bonds is 6. The maximum absolute atomic E-state index is 11.8. The van der Waals surface area contributed by atoms with Crippen molar-refractivity contribution in [2.45, 2.75) is 32.5 Å². The Morgan fingerprint density at radius 3 is 2.38 bits per heavy atom. The first-order chi connectivity index (χ1) is 9.95. The van der Waals surface area contributed by atoms with E-state index in [-0.39, 0.29) is 12.5 Å². The van der Waals surface area contributed by atoms with E-state index in [1.54, 1.807) is 0 Å². The summed E-state index contributed by atoms with van der Waals surface area (Å²) >= 11 is 0. The van der Waals surface area contributed by atoms with Crippen LogP contribution in [-0.2, 0) is 20.9 Å². The molecule has 0 saturated carbocycles. The molecule has 3 N–H and O–H groups in total.